The number of hydrogen-bond acceptors (Lipinski definition) is 4. The average Bonchev–Trinajstić information content (AvgIpc) is 3.06. The predicted octanol–water partition coefficient (Wildman–Crippen LogP) is 5.05. The fourth-order valence-electron chi connectivity index (χ4n) is 2.66. The third kappa shape index (κ3) is 4.51. The molecule has 0 fully saturated rings. The number of carbonyl (C=O) groups is 1. The molecule has 0 aliphatic rings. The van der Waals surface area contributed by atoms with Crippen LogP contribution in [0, 0.1) is 6.92 Å². The van der Waals surface area contributed by atoms with Crippen molar-refractivity contribution < 1.29 is 4.79 Å². The largest absolute Gasteiger partial charge is 0.325 e. The van der Waals surface area contributed by atoms with Crippen LogP contribution in [0.25, 0.3) is 11.4 Å². The fourth-order valence-corrected chi connectivity index (χ4v) is 3.76. The monoisotopic (exact) mass is 400 g/mol. The van der Waals surface area contributed by atoms with Crippen LogP contribution in [0.2, 0.25) is 5.02 Å². The first-order chi connectivity index (χ1) is 13.0. The number of rotatable bonds is 6. The van der Waals surface area contributed by atoms with Crippen LogP contribution in [0.5, 0.6) is 0 Å². The first-order valence-electron chi connectivity index (χ1n) is 8.72. The van der Waals surface area contributed by atoms with Crippen LogP contribution in [0.3, 0.4) is 0 Å². The van der Waals surface area contributed by atoms with Crippen molar-refractivity contribution in [2.75, 3.05) is 5.32 Å². The van der Waals surface area contributed by atoms with Crippen LogP contribution >= 0.6 is 23.4 Å². The van der Waals surface area contributed by atoms with Gasteiger partial charge in [-0.1, -0.05) is 53.7 Å². The summed E-state index contributed by atoms with van der Waals surface area (Å²) >= 11 is 7.49. The van der Waals surface area contributed by atoms with Gasteiger partial charge in [-0.05, 0) is 44.5 Å². The zero-order valence-electron chi connectivity index (χ0n) is 15.4. The Kier molecular flexibility index (Phi) is 6.19. The predicted molar refractivity (Wildman–Crippen MR) is 111 cm³/mol. The summed E-state index contributed by atoms with van der Waals surface area (Å²) in [7, 11) is 0. The number of halogens is 1. The number of nitrogens with zero attached hydrogens (tertiary/aromatic N) is 3. The molecule has 0 aliphatic carbocycles. The van der Waals surface area contributed by atoms with Gasteiger partial charge < -0.3 is 9.88 Å². The van der Waals surface area contributed by atoms with Crippen LogP contribution in [0.4, 0.5) is 5.69 Å². The quantitative estimate of drug-likeness (QED) is 0.588. The van der Waals surface area contributed by atoms with Gasteiger partial charge in [-0.2, -0.15) is 0 Å². The van der Waals surface area contributed by atoms with E-state index in [0.717, 1.165) is 22.6 Å². The van der Waals surface area contributed by atoms with Gasteiger partial charge in [0, 0.05) is 22.8 Å². The van der Waals surface area contributed by atoms with E-state index in [2.05, 4.69) is 15.5 Å². The maximum Gasteiger partial charge on any atom is 0.237 e. The van der Waals surface area contributed by atoms with Crippen LogP contribution in [0.1, 0.15) is 19.4 Å². The van der Waals surface area contributed by atoms with Gasteiger partial charge in [0.1, 0.15) is 0 Å². The molecule has 1 N–H and O–H groups in total. The molecule has 3 aromatic rings. The summed E-state index contributed by atoms with van der Waals surface area (Å²) < 4.78 is 1.99. The lowest BCUT2D eigenvalue weighted by molar-refractivity contribution is -0.115. The van der Waals surface area contributed by atoms with Gasteiger partial charge in [0.05, 0.1) is 5.25 Å². The van der Waals surface area contributed by atoms with Crippen molar-refractivity contribution in [3.8, 4) is 11.4 Å². The fraction of sp³-hybridized carbons (Fsp3) is 0.250. The Hall–Kier alpha value is -2.31. The summed E-state index contributed by atoms with van der Waals surface area (Å²) in [5, 5.41) is 12.6. The molecule has 7 heteroatoms. The Labute approximate surface area is 168 Å². The van der Waals surface area contributed by atoms with Gasteiger partial charge in [0.25, 0.3) is 0 Å². The Morgan fingerprint density at radius 2 is 2.00 bits per heavy atom. The van der Waals surface area contributed by atoms with Crippen molar-refractivity contribution in [3.05, 3.63) is 59.1 Å². The minimum absolute atomic E-state index is 0.0655. The maximum absolute atomic E-state index is 12.6. The van der Waals surface area contributed by atoms with Gasteiger partial charge >= 0.3 is 0 Å². The Morgan fingerprint density at radius 1 is 1.22 bits per heavy atom. The van der Waals surface area contributed by atoms with E-state index in [9.17, 15) is 4.79 Å². The number of thioether (sulfide) groups is 1. The van der Waals surface area contributed by atoms with E-state index in [1.165, 1.54) is 11.8 Å². The van der Waals surface area contributed by atoms with Gasteiger partial charge in [-0.25, -0.2) is 0 Å². The molecular weight excluding hydrogens is 380 g/mol. The highest BCUT2D eigenvalue weighted by molar-refractivity contribution is 8.00. The number of nitrogens with one attached hydrogen (secondary N) is 1. The smallest absolute Gasteiger partial charge is 0.237 e. The van der Waals surface area contributed by atoms with E-state index >= 15 is 0 Å². The van der Waals surface area contributed by atoms with Gasteiger partial charge in [-0.15, -0.1) is 10.2 Å². The highest BCUT2D eigenvalue weighted by Crippen LogP contribution is 2.28. The molecule has 1 atom stereocenters. The van der Waals surface area contributed by atoms with Gasteiger partial charge in [-0.3, -0.25) is 4.79 Å². The normalized spacial score (nSPS) is 12.0. The number of carbonyl (C=O) groups excluding carboxylic acids is 1. The van der Waals surface area contributed by atoms with Crippen LogP contribution in [-0.2, 0) is 11.3 Å². The number of anilines is 1. The Balaban J connectivity index is 1.77. The van der Waals surface area contributed by atoms with E-state index in [0.29, 0.717) is 16.7 Å². The Morgan fingerprint density at radius 3 is 2.70 bits per heavy atom. The van der Waals surface area contributed by atoms with E-state index in [4.69, 9.17) is 11.6 Å². The SMILES string of the molecule is CCn1c(SC(C)C(=O)Nc2ccccc2C)nnc1-c1cccc(Cl)c1. The highest BCUT2D eigenvalue weighted by Gasteiger charge is 2.20. The zero-order valence-corrected chi connectivity index (χ0v) is 17.0. The molecule has 0 saturated heterocycles. The molecule has 1 unspecified atom stereocenters. The van der Waals surface area contributed by atoms with E-state index in [-0.39, 0.29) is 11.2 Å². The first-order valence-corrected chi connectivity index (χ1v) is 9.97. The van der Waals surface area contributed by atoms with E-state index < -0.39 is 0 Å². The summed E-state index contributed by atoms with van der Waals surface area (Å²) in [6, 6.07) is 15.2. The molecule has 27 heavy (non-hydrogen) atoms. The van der Waals surface area contributed by atoms with Crippen LogP contribution < -0.4 is 5.32 Å². The summed E-state index contributed by atoms with van der Waals surface area (Å²) in [6.45, 7) is 6.56. The topological polar surface area (TPSA) is 59.8 Å². The van der Waals surface area contributed by atoms with Gasteiger partial charge in [0.2, 0.25) is 5.91 Å². The molecule has 1 aromatic heterocycles. The summed E-state index contributed by atoms with van der Waals surface area (Å²) in [5.74, 6) is 0.679. The van der Waals surface area contributed by atoms with Crippen LogP contribution in [0.15, 0.2) is 53.7 Å². The summed E-state index contributed by atoms with van der Waals surface area (Å²) in [4.78, 5) is 12.6. The molecule has 3 rings (SSSR count). The minimum Gasteiger partial charge on any atom is -0.325 e. The van der Waals surface area contributed by atoms with Gasteiger partial charge in [0.15, 0.2) is 11.0 Å². The lowest BCUT2D eigenvalue weighted by Gasteiger charge is -2.14. The van der Waals surface area contributed by atoms with E-state index in [1.807, 2.05) is 73.9 Å². The number of benzene rings is 2. The number of aryl methyl sites for hydroxylation is 1. The molecular formula is C20H21ClN4OS. The van der Waals surface area contributed by atoms with Crippen molar-refractivity contribution >= 4 is 35.0 Å². The maximum atomic E-state index is 12.6. The number of hydrogen-bond donors (Lipinski definition) is 1. The van der Waals surface area contributed by atoms with Crippen molar-refractivity contribution in [2.45, 2.75) is 37.7 Å². The number of amides is 1. The zero-order chi connectivity index (χ0) is 19.4. The second kappa shape index (κ2) is 8.59. The van der Waals surface area contributed by atoms with Crippen LogP contribution in [-0.4, -0.2) is 25.9 Å². The molecule has 0 radical (unpaired) electrons. The average molecular weight is 401 g/mol. The minimum atomic E-state index is -0.314. The third-order valence-electron chi connectivity index (χ3n) is 4.17. The standard InChI is InChI=1S/C20H21ClN4OS/c1-4-25-18(15-9-7-10-16(21)12-15)23-24-20(25)27-14(3)19(26)22-17-11-6-5-8-13(17)2/h5-12,14H,4H2,1-3H3,(H,22,26). The molecule has 5 nitrogen and oxygen atoms in total. The molecule has 0 spiro atoms. The van der Waals surface area contributed by atoms with Crippen molar-refractivity contribution in [1.29, 1.82) is 0 Å². The second-order valence-corrected chi connectivity index (χ2v) is 7.87. The Bertz CT molecular complexity index is 957. The summed E-state index contributed by atoms with van der Waals surface area (Å²) in [5.41, 5.74) is 2.76. The molecule has 2 aromatic carbocycles. The molecule has 1 heterocycles. The summed E-state index contributed by atoms with van der Waals surface area (Å²) in [6.07, 6.45) is 0. The molecule has 0 saturated carbocycles. The molecule has 0 bridgehead atoms. The molecule has 140 valence electrons. The molecule has 0 aliphatic heterocycles. The van der Waals surface area contributed by atoms with Crippen molar-refractivity contribution in [2.24, 2.45) is 0 Å². The van der Waals surface area contributed by atoms with Crippen molar-refractivity contribution in [1.82, 2.24) is 14.8 Å². The number of aromatic nitrogens is 3. The van der Waals surface area contributed by atoms with Crippen molar-refractivity contribution in [3.63, 3.8) is 0 Å². The highest BCUT2D eigenvalue weighted by atomic mass is 35.5. The number of para-hydroxylation sites is 1. The third-order valence-corrected chi connectivity index (χ3v) is 5.49. The molecule has 1 amide bonds. The van der Waals surface area contributed by atoms with E-state index in [1.54, 1.807) is 0 Å². The first kappa shape index (κ1) is 19.5. The lowest BCUT2D eigenvalue weighted by Crippen LogP contribution is -2.23. The second-order valence-electron chi connectivity index (χ2n) is 6.13. The lowest BCUT2D eigenvalue weighted by atomic mass is 10.2.